The number of carboxylic acid groups (broad SMARTS) is 1. The molecule has 0 aromatic carbocycles. The molecule has 5 heteroatoms. The maximum Gasteiger partial charge on any atom is 0.326 e. The highest BCUT2D eigenvalue weighted by Crippen LogP contribution is 2.01. The van der Waals surface area contributed by atoms with Gasteiger partial charge in [0.05, 0.1) is 0 Å². The summed E-state index contributed by atoms with van der Waals surface area (Å²) in [5, 5.41) is 11.2. The molecule has 76 valence electrons. The molecule has 0 aromatic heterocycles. The number of hydrogen-bond acceptors (Lipinski definition) is 3. The highest BCUT2D eigenvalue weighted by Gasteiger charge is 2.17. The van der Waals surface area contributed by atoms with Crippen molar-refractivity contribution in [2.75, 3.05) is 12.0 Å². The van der Waals surface area contributed by atoms with E-state index in [4.69, 9.17) is 5.11 Å². The first-order valence-electron chi connectivity index (χ1n) is 4.13. The predicted octanol–water partition coefficient (Wildman–Crippen LogP) is 0.719. The van der Waals surface area contributed by atoms with Crippen molar-refractivity contribution in [1.29, 1.82) is 0 Å². The van der Waals surface area contributed by atoms with Gasteiger partial charge in [-0.3, -0.25) is 4.79 Å². The second-order valence-corrected chi connectivity index (χ2v) is 3.58. The number of carboxylic acids is 1. The Hall–Kier alpha value is -0.710. The molecule has 0 spiro atoms. The zero-order valence-electron chi connectivity index (χ0n) is 7.87. The third-order valence-electron chi connectivity index (χ3n) is 1.57. The van der Waals surface area contributed by atoms with Crippen molar-refractivity contribution in [2.45, 2.75) is 25.8 Å². The normalized spacial score (nSPS) is 12.2. The van der Waals surface area contributed by atoms with Gasteiger partial charge >= 0.3 is 5.97 Å². The summed E-state index contributed by atoms with van der Waals surface area (Å²) in [5.41, 5.74) is 0. The molecule has 0 unspecified atom stereocenters. The molecule has 1 amide bonds. The van der Waals surface area contributed by atoms with Crippen LogP contribution in [0.1, 0.15) is 19.8 Å². The van der Waals surface area contributed by atoms with E-state index in [-0.39, 0.29) is 5.91 Å². The van der Waals surface area contributed by atoms with Gasteiger partial charge in [0.1, 0.15) is 6.04 Å². The van der Waals surface area contributed by atoms with Gasteiger partial charge < -0.3 is 10.4 Å². The summed E-state index contributed by atoms with van der Waals surface area (Å²) in [6, 6.07) is -0.736. The monoisotopic (exact) mass is 205 g/mol. The molecule has 0 fully saturated rings. The SMILES string of the molecule is CCC(=O)N[C@@H](CCSC)C(=O)O. The molecule has 0 aliphatic carbocycles. The van der Waals surface area contributed by atoms with Crippen LogP contribution in [-0.2, 0) is 9.59 Å². The van der Waals surface area contributed by atoms with Crippen LogP contribution in [0.4, 0.5) is 0 Å². The lowest BCUT2D eigenvalue weighted by molar-refractivity contribution is -0.141. The molecule has 0 saturated heterocycles. The van der Waals surface area contributed by atoms with Crippen LogP contribution in [0.5, 0.6) is 0 Å². The molecule has 0 aliphatic heterocycles. The molecular formula is C8H15NO3S. The molecule has 0 heterocycles. The molecule has 13 heavy (non-hydrogen) atoms. The summed E-state index contributed by atoms with van der Waals surface area (Å²) in [6.07, 6.45) is 2.70. The Kier molecular flexibility index (Phi) is 6.40. The number of aliphatic carboxylic acids is 1. The lowest BCUT2D eigenvalue weighted by atomic mass is 10.2. The van der Waals surface area contributed by atoms with Crippen LogP contribution >= 0.6 is 11.8 Å². The fourth-order valence-electron chi connectivity index (χ4n) is 0.789. The molecule has 0 radical (unpaired) electrons. The van der Waals surface area contributed by atoms with E-state index >= 15 is 0 Å². The van der Waals surface area contributed by atoms with Crippen molar-refractivity contribution in [1.82, 2.24) is 5.32 Å². The van der Waals surface area contributed by atoms with Gasteiger partial charge in [-0.25, -0.2) is 4.79 Å². The summed E-state index contributed by atoms with van der Waals surface area (Å²) in [7, 11) is 0. The minimum atomic E-state index is -0.962. The van der Waals surface area contributed by atoms with Gasteiger partial charge in [0.15, 0.2) is 0 Å². The Bertz CT molecular complexity index is 184. The zero-order chi connectivity index (χ0) is 10.3. The number of carbonyl (C=O) groups excluding carboxylic acids is 1. The van der Waals surface area contributed by atoms with E-state index < -0.39 is 12.0 Å². The summed E-state index contributed by atoms with van der Waals surface area (Å²) in [4.78, 5) is 21.5. The fourth-order valence-corrected chi connectivity index (χ4v) is 1.26. The average molecular weight is 205 g/mol. The van der Waals surface area contributed by atoms with E-state index in [0.717, 1.165) is 5.75 Å². The Morgan fingerprint density at radius 1 is 1.54 bits per heavy atom. The van der Waals surface area contributed by atoms with Crippen LogP contribution in [0.15, 0.2) is 0 Å². The molecule has 4 nitrogen and oxygen atoms in total. The molecule has 0 aromatic rings. The molecule has 0 rings (SSSR count). The highest BCUT2D eigenvalue weighted by atomic mass is 32.2. The molecule has 0 saturated carbocycles. The molecular weight excluding hydrogens is 190 g/mol. The van der Waals surface area contributed by atoms with Crippen molar-refractivity contribution < 1.29 is 14.7 Å². The van der Waals surface area contributed by atoms with Crippen LogP contribution in [0.3, 0.4) is 0 Å². The van der Waals surface area contributed by atoms with Gasteiger partial charge in [-0.15, -0.1) is 0 Å². The van der Waals surface area contributed by atoms with Crippen LogP contribution in [-0.4, -0.2) is 35.0 Å². The maximum atomic E-state index is 10.9. The van der Waals surface area contributed by atoms with E-state index in [0.29, 0.717) is 12.8 Å². The predicted molar refractivity (Wildman–Crippen MR) is 52.9 cm³/mol. The van der Waals surface area contributed by atoms with Crippen molar-refractivity contribution >= 4 is 23.6 Å². The third-order valence-corrected chi connectivity index (χ3v) is 2.21. The van der Waals surface area contributed by atoms with Gasteiger partial charge in [-0.2, -0.15) is 11.8 Å². The van der Waals surface area contributed by atoms with E-state index in [1.165, 1.54) is 0 Å². The van der Waals surface area contributed by atoms with E-state index in [1.54, 1.807) is 18.7 Å². The van der Waals surface area contributed by atoms with E-state index in [1.807, 2.05) is 6.26 Å². The first-order chi connectivity index (χ1) is 6.11. The second-order valence-electron chi connectivity index (χ2n) is 2.59. The van der Waals surface area contributed by atoms with Gasteiger partial charge in [-0.05, 0) is 18.4 Å². The topological polar surface area (TPSA) is 66.4 Å². The van der Waals surface area contributed by atoms with Crippen LogP contribution < -0.4 is 5.32 Å². The number of nitrogens with one attached hydrogen (secondary N) is 1. The van der Waals surface area contributed by atoms with Crippen LogP contribution in [0.25, 0.3) is 0 Å². The molecule has 2 N–H and O–H groups in total. The highest BCUT2D eigenvalue weighted by molar-refractivity contribution is 7.98. The standard InChI is InChI=1S/C8H15NO3S/c1-3-7(10)9-6(8(11)12)4-5-13-2/h6H,3-5H2,1-2H3,(H,9,10)(H,11,12)/t6-/m0/s1. The largest absolute Gasteiger partial charge is 0.480 e. The molecule has 0 bridgehead atoms. The number of rotatable bonds is 6. The van der Waals surface area contributed by atoms with Gasteiger partial charge in [0.25, 0.3) is 0 Å². The Balaban J connectivity index is 3.94. The van der Waals surface area contributed by atoms with Crippen molar-refractivity contribution in [3.05, 3.63) is 0 Å². The van der Waals surface area contributed by atoms with Crippen LogP contribution in [0, 0.1) is 0 Å². The first kappa shape index (κ1) is 12.3. The minimum Gasteiger partial charge on any atom is -0.480 e. The Morgan fingerprint density at radius 2 is 2.15 bits per heavy atom. The van der Waals surface area contributed by atoms with Gasteiger partial charge in [0, 0.05) is 6.42 Å². The van der Waals surface area contributed by atoms with E-state index in [2.05, 4.69) is 5.32 Å². The molecule has 1 atom stereocenters. The number of hydrogen-bond donors (Lipinski definition) is 2. The summed E-state index contributed by atoms with van der Waals surface area (Å²) in [6.45, 7) is 1.70. The van der Waals surface area contributed by atoms with Gasteiger partial charge in [0.2, 0.25) is 5.91 Å². The molecule has 0 aliphatic rings. The van der Waals surface area contributed by atoms with Crippen molar-refractivity contribution in [3.63, 3.8) is 0 Å². The van der Waals surface area contributed by atoms with Crippen molar-refractivity contribution in [2.24, 2.45) is 0 Å². The summed E-state index contributed by atoms with van der Waals surface area (Å²) < 4.78 is 0. The number of carbonyl (C=O) groups is 2. The first-order valence-corrected chi connectivity index (χ1v) is 5.52. The average Bonchev–Trinajstić information content (AvgIpc) is 2.11. The Morgan fingerprint density at radius 3 is 2.54 bits per heavy atom. The van der Waals surface area contributed by atoms with Crippen LogP contribution in [0.2, 0.25) is 0 Å². The third kappa shape index (κ3) is 5.52. The van der Waals surface area contributed by atoms with Crippen molar-refractivity contribution in [3.8, 4) is 0 Å². The number of thioether (sulfide) groups is 1. The summed E-state index contributed by atoms with van der Waals surface area (Å²) >= 11 is 1.57. The van der Waals surface area contributed by atoms with Gasteiger partial charge in [-0.1, -0.05) is 6.92 Å². The fraction of sp³-hybridized carbons (Fsp3) is 0.750. The lowest BCUT2D eigenvalue weighted by Crippen LogP contribution is -2.40. The number of amides is 1. The lowest BCUT2D eigenvalue weighted by Gasteiger charge is -2.12. The maximum absolute atomic E-state index is 10.9. The minimum absolute atomic E-state index is 0.214. The quantitative estimate of drug-likeness (QED) is 0.670. The zero-order valence-corrected chi connectivity index (χ0v) is 8.69. The smallest absolute Gasteiger partial charge is 0.326 e. The summed E-state index contributed by atoms with van der Waals surface area (Å²) in [5.74, 6) is -0.439. The second kappa shape index (κ2) is 6.77. The Labute approximate surface area is 82.1 Å². The van der Waals surface area contributed by atoms with E-state index in [9.17, 15) is 9.59 Å².